The molecular formula is C15H29N3O3. The zero-order valence-corrected chi connectivity index (χ0v) is 13.5. The van der Waals surface area contributed by atoms with Crippen LogP contribution in [-0.4, -0.2) is 29.8 Å². The van der Waals surface area contributed by atoms with Crippen molar-refractivity contribution in [3.63, 3.8) is 0 Å². The van der Waals surface area contributed by atoms with Crippen LogP contribution >= 0.6 is 0 Å². The fourth-order valence-corrected chi connectivity index (χ4v) is 1.62. The van der Waals surface area contributed by atoms with Crippen LogP contribution in [0.3, 0.4) is 0 Å². The van der Waals surface area contributed by atoms with Gasteiger partial charge >= 0.3 is 5.97 Å². The Morgan fingerprint density at radius 1 is 1.33 bits per heavy atom. The molecular weight excluding hydrogens is 270 g/mol. The first-order valence-corrected chi connectivity index (χ1v) is 7.10. The SMILES string of the molecule is C=C(N)C(=O)OC(C)(CC)C(N)COC(C)(/C=C/N)CC. The number of hydrogen-bond donors (Lipinski definition) is 3. The Morgan fingerprint density at radius 2 is 1.90 bits per heavy atom. The van der Waals surface area contributed by atoms with Gasteiger partial charge in [-0.25, -0.2) is 4.79 Å². The van der Waals surface area contributed by atoms with Crippen molar-refractivity contribution in [3.8, 4) is 0 Å². The Labute approximate surface area is 127 Å². The molecule has 0 saturated heterocycles. The van der Waals surface area contributed by atoms with E-state index in [-0.39, 0.29) is 12.3 Å². The molecule has 0 rings (SSSR count). The van der Waals surface area contributed by atoms with E-state index in [2.05, 4.69) is 6.58 Å². The van der Waals surface area contributed by atoms with Crippen molar-refractivity contribution >= 4 is 5.97 Å². The Hall–Kier alpha value is -1.53. The van der Waals surface area contributed by atoms with Gasteiger partial charge in [0.2, 0.25) is 0 Å². The molecule has 3 unspecified atom stereocenters. The Balaban J connectivity index is 4.82. The molecule has 0 heterocycles. The van der Waals surface area contributed by atoms with Crippen LogP contribution in [0.4, 0.5) is 0 Å². The van der Waals surface area contributed by atoms with Gasteiger partial charge in [0.1, 0.15) is 11.3 Å². The van der Waals surface area contributed by atoms with Crippen molar-refractivity contribution in [3.05, 3.63) is 24.6 Å². The minimum atomic E-state index is -0.875. The topological polar surface area (TPSA) is 114 Å². The standard InChI is InChI=1S/C15H29N3O3/c1-6-14(4,8-9-16)20-10-12(18)15(5,7-2)21-13(19)11(3)17/h8-9,12H,3,6-7,10,16-18H2,1-2,4-5H3/b9-8+. The van der Waals surface area contributed by atoms with Gasteiger partial charge in [0, 0.05) is 0 Å². The third kappa shape index (κ3) is 5.77. The van der Waals surface area contributed by atoms with Gasteiger partial charge in [-0.2, -0.15) is 0 Å². The van der Waals surface area contributed by atoms with Gasteiger partial charge in [-0.1, -0.05) is 20.4 Å². The number of carbonyl (C=O) groups excluding carboxylic acids is 1. The number of nitrogens with two attached hydrogens (primary N) is 3. The summed E-state index contributed by atoms with van der Waals surface area (Å²) in [6.07, 6.45) is 4.50. The molecule has 0 aromatic rings. The Bertz CT molecular complexity index is 398. The van der Waals surface area contributed by atoms with E-state index >= 15 is 0 Å². The summed E-state index contributed by atoms with van der Waals surface area (Å²) in [5.41, 5.74) is 15.4. The highest BCUT2D eigenvalue weighted by Gasteiger charge is 2.36. The number of rotatable bonds is 9. The largest absolute Gasteiger partial charge is 0.453 e. The van der Waals surface area contributed by atoms with E-state index < -0.39 is 23.2 Å². The highest BCUT2D eigenvalue weighted by molar-refractivity contribution is 5.86. The monoisotopic (exact) mass is 299 g/mol. The van der Waals surface area contributed by atoms with Crippen LogP contribution in [0.25, 0.3) is 0 Å². The molecule has 0 amide bonds. The van der Waals surface area contributed by atoms with Crippen molar-refractivity contribution < 1.29 is 14.3 Å². The lowest BCUT2D eigenvalue weighted by Gasteiger charge is -2.36. The minimum Gasteiger partial charge on any atom is -0.453 e. The normalized spacial score (nSPS) is 18.7. The van der Waals surface area contributed by atoms with E-state index in [1.165, 1.54) is 6.20 Å². The van der Waals surface area contributed by atoms with Gasteiger partial charge in [-0.15, -0.1) is 0 Å². The van der Waals surface area contributed by atoms with Gasteiger partial charge in [-0.05, 0) is 39.0 Å². The average Bonchev–Trinajstić information content (AvgIpc) is 2.44. The molecule has 122 valence electrons. The summed E-state index contributed by atoms with van der Waals surface area (Å²) < 4.78 is 11.2. The van der Waals surface area contributed by atoms with E-state index in [0.29, 0.717) is 6.42 Å². The second-order valence-electron chi connectivity index (χ2n) is 5.52. The molecule has 3 atom stereocenters. The van der Waals surface area contributed by atoms with Crippen molar-refractivity contribution in [2.75, 3.05) is 6.61 Å². The molecule has 0 bridgehead atoms. The highest BCUT2D eigenvalue weighted by Crippen LogP contribution is 2.23. The van der Waals surface area contributed by atoms with Gasteiger partial charge in [0.15, 0.2) is 0 Å². The maximum absolute atomic E-state index is 11.6. The molecule has 6 N–H and O–H groups in total. The lowest BCUT2D eigenvalue weighted by atomic mass is 9.93. The number of carbonyl (C=O) groups is 1. The van der Waals surface area contributed by atoms with Crippen molar-refractivity contribution in [1.29, 1.82) is 0 Å². The molecule has 21 heavy (non-hydrogen) atoms. The van der Waals surface area contributed by atoms with E-state index in [9.17, 15) is 4.79 Å². The van der Waals surface area contributed by atoms with E-state index in [4.69, 9.17) is 26.7 Å². The summed E-state index contributed by atoms with van der Waals surface area (Å²) in [6.45, 7) is 11.1. The van der Waals surface area contributed by atoms with Crippen LogP contribution in [0.15, 0.2) is 24.6 Å². The van der Waals surface area contributed by atoms with Crippen LogP contribution in [0.5, 0.6) is 0 Å². The van der Waals surface area contributed by atoms with Crippen LogP contribution in [0, 0.1) is 0 Å². The first kappa shape index (κ1) is 19.5. The van der Waals surface area contributed by atoms with Gasteiger partial charge in [0.05, 0.1) is 18.2 Å². The van der Waals surface area contributed by atoms with Crippen molar-refractivity contribution in [1.82, 2.24) is 0 Å². The highest BCUT2D eigenvalue weighted by atomic mass is 16.6. The molecule has 0 aliphatic heterocycles. The molecule has 6 heteroatoms. The van der Waals surface area contributed by atoms with Gasteiger partial charge in [0.25, 0.3) is 0 Å². The quantitative estimate of drug-likeness (QED) is 0.435. The van der Waals surface area contributed by atoms with Gasteiger partial charge < -0.3 is 26.7 Å². The fraction of sp³-hybridized carbons (Fsp3) is 0.667. The molecule has 6 nitrogen and oxygen atoms in total. The molecule has 0 fully saturated rings. The van der Waals surface area contributed by atoms with E-state index in [1.807, 2.05) is 20.8 Å². The Morgan fingerprint density at radius 3 is 2.29 bits per heavy atom. The summed E-state index contributed by atoms with van der Waals surface area (Å²) in [7, 11) is 0. The summed E-state index contributed by atoms with van der Waals surface area (Å²) >= 11 is 0. The lowest BCUT2D eigenvalue weighted by molar-refractivity contribution is -0.158. The maximum Gasteiger partial charge on any atom is 0.354 e. The second kappa shape index (κ2) is 8.05. The number of hydrogen-bond acceptors (Lipinski definition) is 6. The first-order chi connectivity index (χ1) is 9.64. The second-order valence-corrected chi connectivity index (χ2v) is 5.52. The molecule has 0 aromatic carbocycles. The van der Waals surface area contributed by atoms with Crippen molar-refractivity contribution in [2.45, 2.75) is 57.8 Å². The summed E-state index contributed by atoms with van der Waals surface area (Å²) in [5.74, 6) is -0.657. The van der Waals surface area contributed by atoms with Crippen LogP contribution in [0.1, 0.15) is 40.5 Å². The predicted octanol–water partition coefficient (Wildman–Crippen LogP) is 1.16. The van der Waals surface area contributed by atoms with Gasteiger partial charge in [-0.3, -0.25) is 0 Å². The Kier molecular flexibility index (Phi) is 7.46. The predicted molar refractivity (Wildman–Crippen MR) is 84.1 cm³/mol. The molecule has 0 radical (unpaired) electrons. The van der Waals surface area contributed by atoms with Crippen LogP contribution in [0.2, 0.25) is 0 Å². The molecule has 0 spiro atoms. The van der Waals surface area contributed by atoms with Crippen molar-refractivity contribution in [2.24, 2.45) is 17.2 Å². The van der Waals surface area contributed by atoms with Crippen LogP contribution < -0.4 is 17.2 Å². The summed E-state index contributed by atoms with van der Waals surface area (Å²) in [4.78, 5) is 11.6. The lowest BCUT2D eigenvalue weighted by Crippen LogP contribution is -2.52. The smallest absolute Gasteiger partial charge is 0.354 e. The molecule has 0 aliphatic rings. The van der Waals surface area contributed by atoms with Crippen LogP contribution in [-0.2, 0) is 14.3 Å². The summed E-state index contributed by atoms with van der Waals surface area (Å²) in [6, 6.07) is -0.497. The maximum atomic E-state index is 11.6. The minimum absolute atomic E-state index is 0.146. The molecule has 0 saturated carbocycles. The van der Waals surface area contributed by atoms with E-state index in [1.54, 1.807) is 13.0 Å². The fourth-order valence-electron chi connectivity index (χ4n) is 1.62. The zero-order chi connectivity index (χ0) is 16.7. The third-order valence-electron chi connectivity index (χ3n) is 3.82. The third-order valence-corrected chi connectivity index (χ3v) is 3.82. The average molecular weight is 299 g/mol. The number of esters is 1. The van der Waals surface area contributed by atoms with E-state index in [0.717, 1.165) is 6.42 Å². The zero-order valence-electron chi connectivity index (χ0n) is 13.5. The molecule has 0 aromatic heterocycles. The first-order valence-electron chi connectivity index (χ1n) is 7.10. The molecule has 0 aliphatic carbocycles. The number of ether oxygens (including phenoxy) is 2. The summed E-state index contributed by atoms with van der Waals surface area (Å²) in [5, 5.41) is 0.